The van der Waals surface area contributed by atoms with Crippen molar-refractivity contribution in [3.8, 4) is 0 Å². The Labute approximate surface area is 126 Å². The maximum Gasteiger partial charge on any atom is 0.306 e. The van der Waals surface area contributed by atoms with Gasteiger partial charge in [-0.15, -0.1) is 0 Å². The molecule has 2 fully saturated rings. The van der Waals surface area contributed by atoms with Gasteiger partial charge in [0, 0.05) is 39.2 Å². The average Bonchev–Trinajstić information content (AvgIpc) is 2.85. The molecule has 2 aliphatic rings. The van der Waals surface area contributed by atoms with Gasteiger partial charge in [0.2, 0.25) is 5.91 Å². The molecule has 1 amide bonds. The molecule has 0 aromatic carbocycles. The minimum absolute atomic E-state index is 0.0865. The summed E-state index contributed by atoms with van der Waals surface area (Å²) in [7, 11) is 1.70. The van der Waals surface area contributed by atoms with Gasteiger partial charge in [-0.25, -0.2) is 0 Å². The minimum atomic E-state index is -0.757. The summed E-state index contributed by atoms with van der Waals surface area (Å²) in [5.74, 6) is -1.01. The van der Waals surface area contributed by atoms with Crippen molar-refractivity contribution in [2.24, 2.45) is 11.8 Å². The topological polar surface area (TPSA) is 70.1 Å². The Bertz CT molecular complexity index is 375. The maximum atomic E-state index is 12.5. The molecule has 0 radical (unpaired) electrons. The Morgan fingerprint density at radius 1 is 1.14 bits per heavy atom. The summed E-state index contributed by atoms with van der Waals surface area (Å²) in [4.78, 5) is 27.8. The SMILES string of the molecule is COCCN1CCCN(C(=O)[C@@H]2CC[C@H](C(=O)O)C2)CC1. The number of carboxylic acids is 1. The third-order valence-electron chi connectivity index (χ3n) is 4.64. The van der Waals surface area contributed by atoms with Crippen LogP contribution in [0.1, 0.15) is 25.7 Å². The zero-order valence-electron chi connectivity index (χ0n) is 12.8. The van der Waals surface area contributed by atoms with E-state index in [1.54, 1.807) is 7.11 Å². The lowest BCUT2D eigenvalue weighted by molar-refractivity contribution is -0.141. The quantitative estimate of drug-likeness (QED) is 0.808. The molecule has 2 atom stereocenters. The van der Waals surface area contributed by atoms with Gasteiger partial charge in [0.15, 0.2) is 0 Å². The minimum Gasteiger partial charge on any atom is -0.481 e. The Balaban J connectivity index is 1.82. The predicted molar refractivity (Wildman–Crippen MR) is 78.0 cm³/mol. The summed E-state index contributed by atoms with van der Waals surface area (Å²) in [6, 6.07) is 0. The lowest BCUT2D eigenvalue weighted by Crippen LogP contribution is -2.39. The van der Waals surface area contributed by atoms with Crippen LogP contribution < -0.4 is 0 Å². The van der Waals surface area contributed by atoms with Crippen LogP contribution in [0.3, 0.4) is 0 Å². The highest BCUT2D eigenvalue weighted by Crippen LogP contribution is 2.32. The van der Waals surface area contributed by atoms with Crippen molar-refractivity contribution in [3.63, 3.8) is 0 Å². The summed E-state index contributed by atoms with van der Waals surface area (Å²) in [6.07, 6.45) is 2.85. The molecule has 1 aliphatic carbocycles. The van der Waals surface area contributed by atoms with Crippen molar-refractivity contribution in [2.45, 2.75) is 25.7 Å². The predicted octanol–water partition coefficient (Wildman–Crippen LogP) is 0.668. The second kappa shape index (κ2) is 7.75. The summed E-state index contributed by atoms with van der Waals surface area (Å²) in [6.45, 7) is 5.03. The fourth-order valence-electron chi connectivity index (χ4n) is 3.32. The standard InChI is InChI=1S/C15H26N2O4/c1-21-10-9-16-5-2-6-17(8-7-16)14(18)12-3-4-13(11-12)15(19)20/h12-13H,2-11H2,1H3,(H,19,20)/t12-,13+/m1/s1. The normalized spacial score (nSPS) is 27.6. The van der Waals surface area contributed by atoms with Crippen LogP contribution in [-0.2, 0) is 14.3 Å². The molecule has 1 aliphatic heterocycles. The molecule has 1 saturated carbocycles. The fraction of sp³-hybridized carbons (Fsp3) is 0.867. The van der Waals surface area contributed by atoms with E-state index >= 15 is 0 Å². The van der Waals surface area contributed by atoms with Crippen LogP contribution in [0.5, 0.6) is 0 Å². The van der Waals surface area contributed by atoms with Gasteiger partial charge in [-0.1, -0.05) is 0 Å². The smallest absolute Gasteiger partial charge is 0.306 e. The number of hydrogen-bond acceptors (Lipinski definition) is 4. The van der Waals surface area contributed by atoms with Gasteiger partial charge in [0.1, 0.15) is 0 Å². The summed E-state index contributed by atoms with van der Waals surface area (Å²) < 4.78 is 5.10. The van der Waals surface area contributed by atoms with Crippen molar-refractivity contribution in [2.75, 3.05) is 46.4 Å². The van der Waals surface area contributed by atoms with E-state index in [2.05, 4.69) is 4.90 Å². The number of ether oxygens (including phenoxy) is 1. The van der Waals surface area contributed by atoms with Gasteiger partial charge >= 0.3 is 5.97 Å². The van der Waals surface area contributed by atoms with Crippen LogP contribution >= 0.6 is 0 Å². The van der Waals surface area contributed by atoms with Gasteiger partial charge < -0.3 is 14.7 Å². The van der Waals surface area contributed by atoms with E-state index in [1.165, 1.54) is 0 Å². The molecular formula is C15H26N2O4. The van der Waals surface area contributed by atoms with Crippen LogP contribution in [-0.4, -0.2) is 73.2 Å². The third kappa shape index (κ3) is 4.41. The lowest BCUT2D eigenvalue weighted by Gasteiger charge is -2.24. The van der Waals surface area contributed by atoms with E-state index in [9.17, 15) is 9.59 Å². The van der Waals surface area contributed by atoms with Crippen molar-refractivity contribution in [3.05, 3.63) is 0 Å². The third-order valence-corrected chi connectivity index (χ3v) is 4.64. The van der Waals surface area contributed by atoms with Crippen molar-refractivity contribution in [1.29, 1.82) is 0 Å². The molecule has 6 nitrogen and oxygen atoms in total. The molecular weight excluding hydrogens is 272 g/mol. The lowest BCUT2D eigenvalue weighted by atomic mass is 10.0. The molecule has 1 saturated heterocycles. The van der Waals surface area contributed by atoms with Gasteiger partial charge in [0.05, 0.1) is 12.5 Å². The van der Waals surface area contributed by atoms with Crippen LogP contribution in [0.25, 0.3) is 0 Å². The maximum absolute atomic E-state index is 12.5. The second-order valence-corrected chi connectivity index (χ2v) is 6.06. The van der Waals surface area contributed by atoms with E-state index in [4.69, 9.17) is 9.84 Å². The van der Waals surface area contributed by atoms with Gasteiger partial charge in [-0.3, -0.25) is 14.5 Å². The van der Waals surface area contributed by atoms with E-state index < -0.39 is 5.97 Å². The number of nitrogens with zero attached hydrogens (tertiary/aromatic N) is 2. The molecule has 1 heterocycles. The Morgan fingerprint density at radius 2 is 1.90 bits per heavy atom. The molecule has 0 spiro atoms. The highest BCUT2D eigenvalue weighted by molar-refractivity contribution is 5.81. The fourth-order valence-corrected chi connectivity index (χ4v) is 3.32. The Hall–Kier alpha value is -1.14. The molecule has 21 heavy (non-hydrogen) atoms. The number of carboxylic acid groups (broad SMARTS) is 1. The van der Waals surface area contributed by atoms with Gasteiger partial charge in [-0.05, 0) is 32.2 Å². The highest BCUT2D eigenvalue weighted by atomic mass is 16.5. The first-order chi connectivity index (χ1) is 10.1. The average molecular weight is 298 g/mol. The van der Waals surface area contributed by atoms with Crippen molar-refractivity contribution >= 4 is 11.9 Å². The summed E-state index contributed by atoms with van der Waals surface area (Å²) >= 11 is 0. The van der Waals surface area contributed by atoms with E-state index in [0.717, 1.165) is 52.2 Å². The van der Waals surface area contributed by atoms with Crippen molar-refractivity contribution in [1.82, 2.24) is 9.80 Å². The van der Waals surface area contributed by atoms with E-state index in [1.807, 2.05) is 4.90 Å². The van der Waals surface area contributed by atoms with Crippen molar-refractivity contribution < 1.29 is 19.4 Å². The zero-order chi connectivity index (χ0) is 15.2. The highest BCUT2D eigenvalue weighted by Gasteiger charge is 2.36. The number of amides is 1. The second-order valence-electron chi connectivity index (χ2n) is 6.06. The van der Waals surface area contributed by atoms with E-state index in [-0.39, 0.29) is 17.7 Å². The molecule has 1 N–H and O–H groups in total. The van der Waals surface area contributed by atoms with Gasteiger partial charge in [-0.2, -0.15) is 0 Å². The number of carbonyl (C=O) groups excluding carboxylic acids is 1. The molecule has 0 aromatic heterocycles. The Kier molecular flexibility index (Phi) is 5.99. The number of carbonyl (C=O) groups is 2. The molecule has 2 rings (SSSR count). The molecule has 120 valence electrons. The first-order valence-electron chi connectivity index (χ1n) is 7.84. The zero-order valence-corrected chi connectivity index (χ0v) is 12.8. The summed E-state index contributed by atoms with van der Waals surface area (Å²) in [5, 5.41) is 9.04. The largest absolute Gasteiger partial charge is 0.481 e. The van der Waals surface area contributed by atoms with Crippen LogP contribution in [0.2, 0.25) is 0 Å². The first-order valence-corrected chi connectivity index (χ1v) is 7.84. The number of rotatable bonds is 5. The number of hydrogen-bond donors (Lipinski definition) is 1. The number of aliphatic carboxylic acids is 1. The molecule has 0 bridgehead atoms. The van der Waals surface area contributed by atoms with Crippen LogP contribution in [0.4, 0.5) is 0 Å². The molecule has 0 unspecified atom stereocenters. The summed E-state index contributed by atoms with van der Waals surface area (Å²) in [5.41, 5.74) is 0. The monoisotopic (exact) mass is 298 g/mol. The van der Waals surface area contributed by atoms with Gasteiger partial charge in [0.25, 0.3) is 0 Å². The molecule has 6 heteroatoms. The number of methoxy groups -OCH3 is 1. The van der Waals surface area contributed by atoms with Crippen LogP contribution in [0, 0.1) is 11.8 Å². The molecule has 0 aromatic rings. The van der Waals surface area contributed by atoms with E-state index in [0.29, 0.717) is 12.8 Å². The Morgan fingerprint density at radius 3 is 2.57 bits per heavy atom. The first kappa shape index (κ1) is 16.2. The van der Waals surface area contributed by atoms with Crippen LogP contribution in [0.15, 0.2) is 0 Å².